The molecule has 4 heteroatoms. The number of amides is 1. The summed E-state index contributed by atoms with van der Waals surface area (Å²) < 4.78 is 0. The van der Waals surface area contributed by atoms with Gasteiger partial charge < -0.3 is 10.0 Å². The molecule has 1 amide bonds. The first-order chi connectivity index (χ1) is 8.83. The highest BCUT2D eigenvalue weighted by Gasteiger charge is 2.36. The van der Waals surface area contributed by atoms with Gasteiger partial charge in [-0.1, -0.05) is 13.0 Å². The van der Waals surface area contributed by atoms with Gasteiger partial charge in [-0.05, 0) is 44.4 Å². The molecule has 0 aliphatic carbocycles. The van der Waals surface area contributed by atoms with Gasteiger partial charge in [0.1, 0.15) is 0 Å². The molecule has 4 nitrogen and oxygen atoms in total. The minimum absolute atomic E-state index is 0.354. The molecule has 0 unspecified atom stereocenters. The van der Waals surface area contributed by atoms with Gasteiger partial charge in [-0.25, -0.2) is 0 Å². The van der Waals surface area contributed by atoms with Crippen molar-refractivity contribution >= 4 is 17.4 Å². The molecule has 0 saturated carbocycles. The summed E-state index contributed by atoms with van der Waals surface area (Å²) >= 11 is 0. The van der Waals surface area contributed by atoms with Crippen molar-refractivity contribution in [2.45, 2.75) is 39.2 Å². The average Bonchev–Trinajstić information content (AvgIpc) is 2.58. The Bertz CT molecular complexity index is 529. The highest BCUT2D eigenvalue weighted by atomic mass is 16.3. The Labute approximate surface area is 113 Å². The Hall–Kier alpha value is -1.68. The number of rotatable bonds is 4. The number of Topliss-reactive ketones (excluding diaryl/α,β-unsaturated/α-hetero) is 1. The van der Waals surface area contributed by atoms with Crippen molar-refractivity contribution < 1.29 is 14.7 Å². The van der Waals surface area contributed by atoms with E-state index in [1.54, 1.807) is 19.9 Å². The monoisotopic (exact) mass is 261 g/mol. The van der Waals surface area contributed by atoms with Crippen LogP contribution in [0.4, 0.5) is 5.69 Å². The van der Waals surface area contributed by atoms with Crippen LogP contribution in [-0.2, 0) is 11.2 Å². The van der Waals surface area contributed by atoms with Gasteiger partial charge in [0.15, 0.2) is 0 Å². The number of carbonyl (C=O) groups excluding carboxylic acids is 2. The third-order valence-corrected chi connectivity index (χ3v) is 3.39. The van der Waals surface area contributed by atoms with E-state index in [0.29, 0.717) is 24.2 Å². The van der Waals surface area contributed by atoms with Gasteiger partial charge in [0, 0.05) is 6.54 Å². The van der Waals surface area contributed by atoms with E-state index in [1.807, 2.05) is 19.1 Å². The molecular weight excluding hydrogens is 242 g/mol. The maximum atomic E-state index is 12.0. The maximum absolute atomic E-state index is 12.0. The number of hydrogen-bond donors (Lipinski definition) is 1. The zero-order valence-electron chi connectivity index (χ0n) is 11.6. The second-order valence-electron chi connectivity index (χ2n) is 5.55. The van der Waals surface area contributed by atoms with Gasteiger partial charge in [0.2, 0.25) is 0 Å². The van der Waals surface area contributed by atoms with Gasteiger partial charge in [0.05, 0.1) is 16.9 Å². The first-order valence-electron chi connectivity index (χ1n) is 6.55. The molecule has 0 fully saturated rings. The van der Waals surface area contributed by atoms with Crippen LogP contribution in [0.15, 0.2) is 18.2 Å². The third kappa shape index (κ3) is 2.68. The SMILES string of the molecule is CCc1ccc2c(c1)C(=O)C(=O)N2CCC(C)(C)O. The number of benzene rings is 1. The van der Waals surface area contributed by atoms with E-state index in [9.17, 15) is 14.7 Å². The molecule has 2 rings (SSSR count). The zero-order chi connectivity index (χ0) is 14.2. The highest BCUT2D eigenvalue weighted by Crippen LogP contribution is 2.30. The highest BCUT2D eigenvalue weighted by molar-refractivity contribution is 6.52. The Morgan fingerprint density at radius 1 is 1.26 bits per heavy atom. The van der Waals surface area contributed by atoms with E-state index in [4.69, 9.17) is 0 Å². The van der Waals surface area contributed by atoms with Crippen LogP contribution >= 0.6 is 0 Å². The molecule has 1 aliphatic heterocycles. The van der Waals surface area contributed by atoms with Crippen molar-refractivity contribution in [1.29, 1.82) is 0 Å². The minimum atomic E-state index is -0.852. The van der Waals surface area contributed by atoms with Crippen molar-refractivity contribution in [2.75, 3.05) is 11.4 Å². The Balaban J connectivity index is 2.29. The van der Waals surface area contributed by atoms with Crippen LogP contribution < -0.4 is 4.90 Å². The first kappa shape index (κ1) is 13.7. The number of aryl methyl sites for hydroxylation is 1. The molecule has 0 bridgehead atoms. The molecule has 1 aliphatic rings. The lowest BCUT2D eigenvalue weighted by atomic mass is 10.0. The Morgan fingerprint density at radius 3 is 2.53 bits per heavy atom. The molecule has 0 spiro atoms. The smallest absolute Gasteiger partial charge is 0.299 e. The van der Waals surface area contributed by atoms with Crippen LogP contribution in [0.1, 0.15) is 43.1 Å². The fourth-order valence-corrected chi connectivity index (χ4v) is 2.17. The summed E-state index contributed by atoms with van der Waals surface area (Å²) in [7, 11) is 0. The van der Waals surface area contributed by atoms with Crippen molar-refractivity contribution in [2.24, 2.45) is 0 Å². The van der Waals surface area contributed by atoms with E-state index in [1.165, 1.54) is 4.90 Å². The van der Waals surface area contributed by atoms with Crippen molar-refractivity contribution in [3.8, 4) is 0 Å². The number of hydrogen-bond acceptors (Lipinski definition) is 3. The minimum Gasteiger partial charge on any atom is -0.390 e. The average molecular weight is 261 g/mol. The molecule has 0 saturated heterocycles. The van der Waals surface area contributed by atoms with Gasteiger partial charge in [0.25, 0.3) is 11.7 Å². The second-order valence-corrected chi connectivity index (χ2v) is 5.55. The summed E-state index contributed by atoms with van der Waals surface area (Å²) in [5.74, 6) is -0.937. The van der Waals surface area contributed by atoms with E-state index in [2.05, 4.69) is 0 Å². The van der Waals surface area contributed by atoms with Crippen molar-refractivity contribution in [3.05, 3.63) is 29.3 Å². The number of aliphatic hydroxyl groups is 1. The summed E-state index contributed by atoms with van der Waals surface area (Å²) in [6.45, 7) is 5.74. The predicted molar refractivity (Wildman–Crippen MR) is 73.4 cm³/mol. The molecule has 1 aromatic carbocycles. The Kier molecular flexibility index (Phi) is 3.45. The number of fused-ring (bicyclic) bond motifs is 1. The summed E-state index contributed by atoms with van der Waals surface area (Å²) in [4.78, 5) is 25.4. The molecular formula is C15H19NO3. The van der Waals surface area contributed by atoms with Crippen LogP contribution in [0.3, 0.4) is 0 Å². The van der Waals surface area contributed by atoms with Crippen LogP contribution in [-0.4, -0.2) is 28.9 Å². The molecule has 0 atom stereocenters. The molecule has 1 N–H and O–H groups in total. The van der Waals surface area contributed by atoms with Crippen LogP contribution in [0, 0.1) is 0 Å². The topological polar surface area (TPSA) is 57.6 Å². The van der Waals surface area contributed by atoms with Crippen molar-refractivity contribution in [1.82, 2.24) is 0 Å². The lowest BCUT2D eigenvalue weighted by molar-refractivity contribution is -0.114. The summed E-state index contributed by atoms with van der Waals surface area (Å²) in [5, 5.41) is 9.74. The molecule has 1 aromatic rings. The molecule has 102 valence electrons. The third-order valence-electron chi connectivity index (χ3n) is 3.39. The largest absolute Gasteiger partial charge is 0.390 e. The molecule has 1 heterocycles. The van der Waals surface area contributed by atoms with Gasteiger partial charge >= 0.3 is 0 Å². The first-order valence-corrected chi connectivity index (χ1v) is 6.55. The summed E-state index contributed by atoms with van der Waals surface area (Å²) in [5.41, 5.74) is 1.34. The summed E-state index contributed by atoms with van der Waals surface area (Å²) in [6, 6.07) is 5.54. The predicted octanol–water partition coefficient (Wildman–Crippen LogP) is 1.94. The number of ketones is 1. The van der Waals surface area contributed by atoms with Crippen LogP contribution in [0.25, 0.3) is 0 Å². The quantitative estimate of drug-likeness (QED) is 0.843. The summed E-state index contributed by atoms with van der Waals surface area (Å²) in [6.07, 6.45) is 1.26. The van der Waals surface area contributed by atoms with Crippen molar-refractivity contribution in [3.63, 3.8) is 0 Å². The Morgan fingerprint density at radius 2 is 1.95 bits per heavy atom. The number of nitrogens with zero attached hydrogens (tertiary/aromatic N) is 1. The van der Waals surface area contributed by atoms with Gasteiger partial charge in [-0.2, -0.15) is 0 Å². The van der Waals surface area contributed by atoms with E-state index in [0.717, 1.165) is 12.0 Å². The van der Waals surface area contributed by atoms with Crippen LogP contribution in [0.2, 0.25) is 0 Å². The number of anilines is 1. The second kappa shape index (κ2) is 4.78. The lowest BCUT2D eigenvalue weighted by Crippen LogP contribution is -2.34. The normalized spacial score (nSPS) is 15.1. The molecule has 0 radical (unpaired) electrons. The standard InChI is InChI=1S/C15H19NO3/c1-4-10-5-6-12-11(9-10)13(17)14(18)16(12)8-7-15(2,3)19/h5-6,9,19H,4,7-8H2,1-3H3. The molecule has 0 aromatic heterocycles. The lowest BCUT2D eigenvalue weighted by Gasteiger charge is -2.22. The van der Waals surface area contributed by atoms with Crippen LogP contribution in [0.5, 0.6) is 0 Å². The fourth-order valence-electron chi connectivity index (χ4n) is 2.17. The van der Waals surface area contributed by atoms with Gasteiger partial charge in [-0.15, -0.1) is 0 Å². The van der Waals surface area contributed by atoms with Gasteiger partial charge in [-0.3, -0.25) is 9.59 Å². The van der Waals surface area contributed by atoms with E-state index < -0.39 is 17.3 Å². The number of carbonyl (C=O) groups is 2. The zero-order valence-corrected chi connectivity index (χ0v) is 11.6. The van der Waals surface area contributed by atoms with E-state index in [-0.39, 0.29) is 0 Å². The van der Waals surface area contributed by atoms with E-state index >= 15 is 0 Å². The fraction of sp³-hybridized carbons (Fsp3) is 0.467. The molecule has 19 heavy (non-hydrogen) atoms. The maximum Gasteiger partial charge on any atom is 0.299 e.